The van der Waals surface area contributed by atoms with Crippen LogP contribution in [0.15, 0.2) is 36.9 Å². The predicted octanol–water partition coefficient (Wildman–Crippen LogP) is 2.60. The summed E-state index contributed by atoms with van der Waals surface area (Å²) < 4.78 is 6.90. The standard InChI is InChI=1S/C16H25N3O2Si/c1-21-15-7-5-14(6-8-15)9-16(20,11-22(2,3)4)10-19-13-17-12-18-19/h5-8,12-13,20H,9-11H2,1-4H3. The van der Waals surface area contributed by atoms with Crippen LogP contribution in [0.1, 0.15) is 5.56 Å². The Morgan fingerprint density at radius 3 is 2.41 bits per heavy atom. The Morgan fingerprint density at radius 1 is 1.23 bits per heavy atom. The molecule has 0 bridgehead atoms. The molecule has 1 heterocycles. The van der Waals surface area contributed by atoms with Gasteiger partial charge in [-0.3, -0.25) is 4.68 Å². The van der Waals surface area contributed by atoms with Crippen LogP contribution < -0.4 is 4.74 Å². The highest BCUT2D eigenvalue weighted by Gasteiger charge is 2.34. The molecule has 120 valence electrons. The molecule has 2 rings (SSSR count). The SMILES string of the molecule is COc1ccc(CC(O)(Cn2cncn2)C[Si](C)(C)C)cc1. The Kier molecular flexibility index (Phi) is 5.03. The molecule has 0 aliphatic heterocycles. The van der Waals surface area contributed by atoms with Crippen LogP contribution in [0.2, 0.25) is 25.7 Å². The fourth-order valence-electron chi connectivity index (χ4n) is 2.90. The Hall–Kier alpha value is -1.66. The third-order valence-electron chi connectivity index (χ3n) is 3.47. The number of hydrogen-bond acceptors (Lipinski definition) is 4. The van der Waals surface area contributed by atoms with Crippen LogP contribution in [-0.4, -0.2) is 40.7 Å². The summed E-state index contributed by atoms with van der Waals surface area (Å²) in [6, 6.07) is 8.69. The molecule has 1 N–H and O–H groups in total. The summed E-state index contributed by atoms with van der Waals surface area (Å²) in [5.41, 5.74) is 0.286. The lowest BCUT2D eigenvalue weighted by Gasteiger charge is -2.33. The maximum absolute atomic E-state index is 11.2. The van der Waals surface area contributed by atoms with Crippen molar-refractivity contribution in [1.29, 1.82) is 0 Å². The minimum absolute atomic E-state index is 0.462. The largest absolute Gasteiger partial charge is 0.497 e. The smallest absolute Gasteiger partial charge is 0.137 e. The number of rotatable bonds is 7. The molecule has 22 heavy (non-hydrogen) atoms. The molecule has 6 heteroatoms. The van der Waals surface area contributed by atoms with Crippen molar-refractivity contribution in [2.75, 3.05) is 7.11 Å². The van der Waals surface area contributed by atoms with Crippen molar-refractivity contribution in [3.8, 4) is 5.75 Å². The molecular formula is C16H25N3O2Si. The highest BCUT2D eigenvalue weighted by atomic mass is 28.3. The molecule has 0 saturated carbocycles. The van der Waals surface area contributed by atoms with E-state index in [1.165, 1.54) is 6.33 Å². The Balaban J connectivity index is 2.18. The average Bonchev–Trinajstić information content (AvgIpc) is 2.89. The number of methoxy groups -OCH3 is 1. The molecular weight excluding hydrogens is 294 g/mol. The first-order chi connectivity index (χ1) is 10.3. The van der Waals surface area contributed by atoms with Crippen molar-refractivity contribution < 1.29 is 9.84 Å². The van der Waals surface area contributed by atoms with E-state index in [0.29, 0.717) is 13.0 Å². The molecule has 0 radical (unpaired) electrons. The van der Waals surface area contributed by atoms with Crippen molar-refractivity contribution >= 4 is 8.07 Å². The lowest BCUT2D eigenvalue weighted by molar-refractivity contribution is 0.0372. The molecule has 0 saturated heterocycles. The highest BCUT2D eigenvalue weighted by Crippen LogP contribution is 2.27. The fraction of sp³-hybridized carbons (Fsp3) is 0.500. The number of nitrogens with zero attached hydrogens (tertiary/aromatic N) is 3. The maximum Gasteiger partial charge on any atom is 0.137 e. The number of benzene rings is 1. The normalized spacial score (nSPS) is 14.6. The van der Waals surface area contributed by atoms with Crippen molar-refractivity contribution in [2.45, 2.75) is 44.3 Å². The monoisotopic (exact) mass is 319 g/mol. The van der Waals surface area contributed by atoms with Gasteiger partial charge in [0.05, 0.1) is 19.3 Å². The summed E-state index contributed by atoms with van der Waals surface area (Å²) in [7, 11) is 0.220. The first kappa shape index (κ1) is 16.7. The summed E-state index contributed by atoms with van der Waals surface area (Å²) >= 11 is 0. The number of hydrogen-bond donors (Lipinski definition) is 1. The van der Waals surface area contributed by atoms with E-state index in [9.17, 15) is 5.11 Å². The average molecular weight is 319 g/mol. The van der Waals surface area contributed by atoms with Gasteiger partial charge in [-0.1, -0.05) is 31.8 Å². The molecule has 0 fully saturated rings. The van der Waals surface area contributed by atoms with Crippen LogP contribution in [0, 0.1) is 0 Å². The zero-order valence-corrected chi connectivity index (χ0v) is 14.8. The summed E-state index contributed by atoms with van der Waals surface area (Å²) in [5.74, 6) is 0.828. The van der Waals surface area contributed by atoms with Gasteiger partial charge in [-0.25, -0.2) is 4.98 Å². The molecule has 0 amide bonds. The molecule has 0 aliphatic rings. The second kappa shape index (κ2) is 6.62. The summed E-state index contributed by atoms with van der Waals surface area (Å²) in [4.78, 5) is 3.97. The van der Waals surface area contributed by atoms with Crippen LogP contribution in [0.3, 0.4) is 0 Å². The van der Waals surface area contributed by atoms with Gasteiger partial charge in [0.2, 0.25) is 0 Å². The molecule has 2 aromatic rings. The second-order valence-electron chi connectivity index (χ2n) is 7.08. The molecule has 0 aliphatic carbocycles. The second-order valence-corrected chi connectivity index (χ2v) is 12.6. The number of aromatic nitrogens is 3. The summed E-state index contributed by atoms with van der Waals surface area (Å²) in [6.45, 7) is 7.28. The van der Waals surface area contributed by atoms with Crippen molar-refractivity contribution in [2.24, 2.45) is 0 Å². The Bertz CT molecular complexity index is 578. The Labute approximate surface area is 133 Å². The van der Waals surface area contributed by atoms with Gasteiger partial charge in [-0.05, 0) is 23.7 Å². The van der Waals surface area contributed by atoms with E-state index in [1.807, 2.05) is 24.3 Å². The van der Waals surface area contributed by atoms with Gasteiger partial charge in [0, 0.05) is 14.5 Å². The van der Waals surface area contributed by atoms with Gasteiger partial charge in [0.25, 0.3) is 0 Å². The van der Waals surface area contributed by atoms with Crippen LogP contribution in [0.5, 0.6) is 5.75 Å². The van der Waals surface area contributed by atoms with E-state index in [2.05, 4.69) is 29.7 Å². The van der Waals surface area contributed by atoms with Crippen molar-refractivity contribution in [1.82, 2.24) is 14.8 Å². The van der Waals surface area contributed by atoms with E-state index >= 15 is 0 Å². The van der Waals surface area contributed by atoms with Gasteiger partial charge in [-0.15, -0.1) is 0 Å². The van der Waals surface area contributed by atoms with E-state index < -0.39 is 13.7 Å². The summed E-state index contributed by atoms with van der Waals surface area (Å²) in [6.07, 6.45) is 3.76. The maximum atomic E-state index is 11.2. The van der Waals surface area contributed by atoms with Crippen LogP contribution in [0.25, 0.3) is 0 Å². The topological polar surface area (TPSA) is 60.2 Å². The third-order valence-corrected chi connectivity index (χ3v) is 5.19. The van der Waals surface area contributed by atoms with Gasteiger partial charge in [-0.2, -0.15) is 5.10 Å². The first-order valence-corrected chi connectivity index (χ1v) is 11.2. The predicted molar refractivity (Wildman–Crippen MR) is 89.8 cm³/mol. The third kappa shape index (κ3) is 4.96. The molecule has 0 spiro atoms. The Morgan fingerprint density at radius 2 is 1.91 bits per heavy atom. The molecule has 1 unspecified atom stereocenters. The minimum Gasteiger partial charge on any atom is -0.497 e. The fourth-order valence-corrected chi connectivity index (χ4v) is 5.11. The van der Waals surface area contributed by atoms with Crippen molar-refractivity contribution in [3.05, 3.63) is 42.5 Å². The molecule has 1 aromatic carbocycles. The van der Waals surface area contributed by atoms with Gasteiger partial charge >= 0.3 is 0 Å². The first-order valence-electron chi connectivity index (χ1n) is 7.47. The number of ether oxygens (including phenoxy) is 1. The molecule has 5 nitrogen and oxygen atoms in total. The lowest BCUT2D eigenvalue weighted by Crippen LogP contribution is -2.43. The zero-order chi connectivity index (χ0) is 16.2. The van der Waals surface area contributed by atoms with E-state index in [0.717, 1.165) is 17.4 Å². The van der Waals surface area contributed by atoms with Crippen LogP contribution >= 0.6 is 0 Å². The van der Waals surface area contributed by atoms with Gasteiger partial charge < -0.3 is 9.84 Å². The van der Waals surface area contributed by atoms with Crippen LogP contribution in [-0.2, 0) is 13.0 Å². The van der Waals surface area contributed by atoms with E-state index in [1.54, 1.807) is 18.1 Å². The van der Waals surface area contributed by atoms with Gasteiger partial charge in [0.15, 0.2) is 0 Å². The minimum atomic E-state index is -1.43. The lowest BCUT2D eigenvalue weighted by atomic mass is 9.96. The quantitative estimate of drug-likeness (QED) is 0.797. The van der Waals surface area contributed by atoms with Gasteiger partial charge in [0.1, 0.15) is 18.4 Å². The molecule has 1 aromatic heterocycles. The van der Waals surface area contributed by atoms with E-state index in [4.69, 9.17) is 4.74 Å². The zero-order valence-electron chi connectivity index (χ0n) is 13.8. The van der Waals surface area contributed by atoms with Crippen molar-refractivity contribution in [3.63, 3.8) is 0 Å². The van der Waals surface area contributed by atoms with E-state index in [-0.39, 0.29) is 0 Å². The summed E-state index contributed by atoms with van der Waals surface area (Å²) in [5, 5.41) is 15.4. The molecule has 1 atom stereocenters. The number of aliphatic hydroxyl groups is 1. The highest BCUT2D eigenvalue weighted by molar-refractivity contribution is 6.76. The van der Waals surface area contributed by atoms with Crippen LogP contribution in [0.4, 0.5) is 0 Å².